The molecular weight excluding hydrogens is 257 g/mol. The van der Waals surface area contributed by atoms with Gasteiger partial charge in [0.15, 0.2) is 0 Å². The molecule has 0 saturated carbocycles. The van der Waals surface area contributed by atoms with Crippen molar-refractivity contribution in [1.82, 2.24) is 4.98 Å². The Bertz CT molecular complexity index is 795. The molecule has 5 heteroatoms. The van der Waals surface area contributed by atoms with Crippen LogP contribution in [0, 0.1) is 5.82 Å². The van der Waals surface area contributed by atoms with Gasteiger partial charge >= 0.3 is 0 Å². The number of hydrogen-bond acceptors (Lipinski definition) is 2. The molecule has 0 saturated heterocycles. The summed E-state index contributed by atoms with van der Waals surface area (Å²) in [6.45, 7) is 0. The molecule has 4 N–H and O–H groups in total. The van der Waals surface area contributed by atoms with Gasteiger partial charge in [0.2, 0.25) is 0 Å². The summed E-state index contributed by atoms with van der Waals surface area (Å²) in [5, 5.41) is 3.39. The van der Waals surface area contributed by atoms with Gasteiger partial charge in [0.05, 0.1) is 5.56 Å². The SMILES string of the molecule is Nc1ccc2[nH]cc(C(=O)Nc3cccc(F)c3)c2c1. The summed E-state index contributed by atoms with van der Waals surface area (Å²) in [6, 6.07) is 11.1. The average molecular weight is 269 g/mol. The fourth-order valence-corrected chi connectivity index (χ4v) is 2.09. The fraction of sp³-hybridized carbons (Fsp3) is 0. The largest absolute Gasteiger partial charge is 0.399 e. The zero-order valence-corrected chi connectivity index (χ0v) is 10.5. The molecule has 0 atom stereocenters. The normalized spacial score (nSPS) is 10.7. The Morgan fingerprint density at radius 1 is 1.20 bits per heavy atom. The molecule has 3 aromatic rings. The third-order valence-corrected chi connectivity index (χ3v) is 3.03. The van der Waals surface area contributed by atoms with Crippen LogP contribution in [0.5, 0.6) is 0 Å². The Morgan fingerprint density at radius 3 is 2.85 bits per heavy atom. The first-order chi connectivity index (χ1) is 9.63. The molecule has 1 heterocycles. The summed E-state index contributed by atoms with van der Waals surface area (Å²) < 4.78 is 13.1. The van der Waals surface area contributed by atoms with Gasteiger partial charge in [-0.15, -0.1) is 0 Å². The van der Waals surface area contributed by atoms with E-state index in [-0.39, 0.29) is 5.91 Å². The number of hydrogen-bond donors (Lipinski definition) is 3. The van der Waals surface area contributed by atoms with Gasteiger partial charge in [-0.3, -0.25) is 4.79 Å². The Hall–Kier alpha value is -2.82. The quantitative estimate of drug-likeness (QED) is 0.625. The molecule has 0 bridgehead atoms. The van der Waals surface area contributed by atoms with Crippen molar-refractivity contribution in [3.05, 3.63) is 60.0 Å². The van der Waals surface area contributed by atoms with E-state index in [1.807, 2.05) is 6.07 Å². The lowest BCUT2D eigenvalue weighted by atomic mass is 10.1. The molecule has 0 spiro atoms. The fourth-order valence-electron chi connectivity index (χ4n) is 2.09. The number of rotatable bonds is 2. The van der Waals surface area contributed by atoms with Crippen molar-refractivity contribution in [1.29, 1.82) is 0 Å². The number of nitrogens with two attached hydrogens (primary N) is 1. The van der Waals surface area contributed by atoms with Crippen LogP contribution < -0.4 is 11.1 Å². The van der Waals surface area contributed by atoms with Gasteiger partial charge in [-0.25, -0.2) is 4.39 Å². The molecule has 0 radical (unpaired) electrons. The lowest BCUT2D eigenvalue weighted by Gasteiger charge is -2.04. The van der Waals surface area contributed by atoms with Crippen molar-refractivity contribution in [2.45, 2.75) is 0 Å². The monoisotopic (exact) mass is 269 g/mol. The van der Waals surface area contributed by atoms with Crippen LogP contribution in [0.4, 0.5) is 15.8 Å². The van der Waals surface area contributed by atoms with Crippen LogP contribution in [0.3, 0.4) is 0 Å². The number of aromatic nitrogens is 1. The van der Waals surface area contributed by atoms with E-state index in [0.29, 0.717) is 16.9 Å². The lowest BCUT2D eigenvalue weighted by Crippen LogP contribution is -2.11. The van der Waals surface area contributed by atoms with E-state index in [2.05, 4.69) is 10.3 Å². The van der Waals surface area contributed by atoms with E-state index in [4.69, 9.17) is 5.73 Å². The standard InChI is InChI=1S/C15H12FN3O/c16-9-2-1-3-11(6-9)19-15(20)13-8-18-14-5-4-10(17)7-12(13)14/h1-8,18H,17H2,(H,19,20). The minimum atomic E-state index is -0.397. The van der Waals surface area contributed by atoms with Gasteiger partial charge in [0.25, 0.3) is 5.91 Å². The van der Waals surface area contributed by atoms with Crippen molar-refractivity contribution < 1.29 is 9.18 Å². The number of nitrogens with one attached hydrogen (secondary N) is 2. The predicted molar refractivity (Wildman–Crippen MR) is 77.1 cm³/mol. The molecule has 3 rings (SSSR count). The predicted octanol–water partition coefficient (Wildman–Crippen LogP) is 3.14. The van der Waals surface area contributed by atoms with Crippen LogP contribution in [0.1, 0.15) is 10.4 Å². The number of carbonyl (C=O) groups excluding carboxylic acids is 1. The van der Waals surface area contributed by atoms with E-state index in [0.717, 1.165) is 10.9 Å². The first-order valence-electron chi connectivity index (χ1n) is 6.07. The zero-order valence-electron chi connectivity index (χ0n) is 10.5. The number of anilines is 2. The van der Waals surface area contributed by atoms with Crippen molar-refractivity contribution >= 4 is 28.2 Å². The second kappa shape index (κ2) is 4.70. The molecule has 2 aromatic carbocycles. The van der Waals surface area contributed by atoms with Crippen molar-refractivity contribution in [3.8, 4) is 0 Å². The molecule has 20 heavy (non-hydrogen) atoms. The number of benzene rings is 2. The lowest BCUT2D eigenvalue weighted by molar-refractivity contribution is 0.102. The number of fused-ring (bicyclic) bond motifs is 1. The van der Waals surface area contributed by atoms with Crippen LogP contribution >= 0.6 is 0 Å². The minimum Gasteiger partial charge on any atom is -0.399 e. The van der Waals surface area contributed by atoms with E-state index in [1.54, 1.807) is 24.4 Å². The highest BCUT2D eigenvalue weighted by Gasteiger charge is 2.12. The third kappa shape index (κ3) is 2.21. The number of aromatic amines is 1. The van der Waals surface area contributed by atoms with E-state index >= 15 is 0 Å². The van der Waals surface area contributed by atoms with Gasteiger partial charge in [-0.05, 0) is 36.4 Å². The Labute approximate surface area is 114 Å². The molecule has 0 aliphatic rings. The summed E-state index contributed by atoms with van der Waals surface area (Å²) in [5.74, 6) is -0.710. The molecule has 0 unspecified atom stereocenters. The minimum absolute atomic E-state index is 0.313. The number of nitrogen functional groups attached to an aromatic ring is 1. The molecule has 1 amide bonds. The summed E-state index contributed by atoms with van der Waals surface area (Å²) in [4.78, 5) is 15.2. The van der Waals surface area contributed by atoms with E-state index in [9.17, 15) is 9.18 Å². The second-order valence-corrected chi connectivity index (χ2v) is 4.47. The second-order valence-electron chi connectivity index (χ2n) is 4.47. The molecule has 100 valence electrons. The van der Waals surface area contributed by atoms with Crippen LogP contribution in [0.2, 0.25) is 0 Å². The number of carbonyl (C=O) groups is 1. The molecule has 4 nitrogen and oxygen atoms in total. The van der Waals surface area contributed by atoms with Crippen molar-refractivity contribution in [3.63, 3.8) is 0 Å². The topological polar surface area (TPSA) is 70.9 Å². The van der Waals surface area contributed by atoms with Gasteiger partial charge in [0, 0.05) is 28.5 Å². The molecule has 0 fully saturated rings. The van der Waals surface area contributed by atoms with Crippen molar-refractivity contribution in [2.75, 3.05) is 11.1 Å². The maximum Gasteiger partial charge on any atom is 0.257 e. The van der Waals surface area contributed by atoms with Crippen LogP contribution in [-0.2, 0) is 0 Å². The number of halogens is 1. The van der Waals surface area contributed by atoms with E-state index in [1.165, 1.54) is 18.2 Å². The van der Waals surface area contributed by atoms with Gasteiger partial charge in [0.1, 0.15) is 5.82 Å². The van der Waals surface area contributed by atoms with Crippen LogP contribution in [-0.4, -0.2) is 10.9 Å². The summed E-state index contributed by atoms with van der Waals surface area (Å²) in [6.07, 6.45) is 1.61. The zero-order chi connectivity index (χ0) is 14.1. The van der Waals surface area contributed by atoms with Gasteiger partial charge < -0.3 is 16.0 Å². The Morgan fingerprint density at radius 2 is 2.05 bits per heavy atom. The molecular formula is C15H12FN3O. The summed E-state index contributed by atoms with van der Waals surface area (Å²) in [5.41, 5.74) is 8.01. The molecule has 1 aromatic heterocycles. The van der Waals surface area contributed by atoms with Gasteiger partial charge in [-0.2, -0.15) is 0 Å². The average Bonchev–Trinajstić information content (AvgIpc) is 2.81. The summed E-state index contributed by atoms with van der Waals surface area (Å²) in [7, 11) is 0. The smallest absolute Gasteiger partial charge is 0.257 e. The molecule has 0 aliphatic carbocycles. The third-order valence-electron chi connectivity index (χ3n) is 3.03. The highest BCUT2D eigenvalue weighted by molar-refractivity contribution is 6.13. The van der Waals surface area contributed by atoms with Crippen LogP contribution in [0.25, 0.3) is 10.9 Å². The first-order valence-corrected chi connectivity index (χ1v) is 6.07. The Balaban J connectivity index is 1.94. The Kier molecular flexibility index (Phi) is 2.87. The van der Waals surface area contributed by atoms with Crippen LogP contribution in [0.15, 0.2) is 48.7 Å². The maximum atomic E-state index is 13.1. The maximum absolute atomic E-state index is 13.1. The number of amides is 1. The van der Waals surface area contributed by atoms with E-state index < -0.39 is 5.82 Å². The first kappa shape index (κ1) is 12.2. The molecule has 0 aliphatic heterocycles. The van der Waals surface area contributed by atoms with Gasteiger partial charge in [-0.1, -0.05) is 6.07 Å². The number of H-pyrrole nitrogens is 1. The van der Waals surface area contributed by atoms with Crippen molar-refractivity contribution in [2.24, 2.45) is 0 Å². The highest BCUT2D eigenvalue weighted by atomic mass is 19.1. The highest BCUT2D eigenvalue weighted by Crippen LogP contribution is 2.22. The summed E-state index contributed by atoms with van der Waals surface area (Å²) >= 11 is 0.